The number of carbonyl (C=O) groups is 4. The van der Waals surface area contributed by atoms with Crippen molar-refractivity contribution in [3.63, 3.8) is 0 Å². The lowest BCUT2D eigenvalue weighted by Crippen LogP contribution is -2.60. The van der Waals surface area contributed by atoms with Crippen LogP contribution in [0.2, 0.25) is 0 Å². The summed E-state index contributed by atoms with van der Waals surface area (Å²) in [6.45, 7) is 6.50. The molecule has 1 heterocycles. The number of fused-ring (bicyclic) bond motifs is 1. The van der Waals surface area contributed by atoms with Crippen molar-refractivity contribution in [3.8, 4) is 0 Å². The second-order valence-corrected chi connectivity index (χ2v) is 9.17. The van der Waals surface area contributed by atoms with Crippen molar-refractivity contribution in [2.24, 2.45) is 11.7 Å². The SMILES string of the molecule is CC(C)CC(NC(=O)C(C)N)C(=O)NC(C(=O)NC(Cc1c[nH]c2ccccc12)C(=O)O)C(C)O. The Labute approximate surface area is 203 Å². The summed E-state index contributed by atoms with van der Waals surface area (Å²) in [6.07, 6.45) is 0.617. The van der Waals surface area contributed by atoms with Crippen molar-refractivity contribution in [1.29, 1.82) is 0 Å². The molecule has 2 rings (SSSR count). The molecule has 2 aromatic rings. The van der Waals surface area contributed by atoms with Gasteiger partial charge in [-0.05, 0) is 37.8 Å². The van der Waals surface area contributed by atoms with Crippen molar-refractivity contribution in [1.82, 2.24) is 20.9 Å². The molecule has 35 heavy (non-hydrogen) atoms. The van der Waals surface area contributed by atoms with E-state index in [1.165, 1.54) is 13.8 Å². The van der Waals surface area contributed by atoms with Gasteiger partial charge < -0.3 is 36.9 Å². The van der Waals surface area contributed by atoms with E-state index >= 15 is 0 Å². The average molecular weight is 490 g/mol. The first-order valence-corrected chi connectivity index (χ1v) is 11.5. The molecule has 0 fully saturated rings. The molecule has 0 aliphatic carbocycles. The third-order valence-corrected chi connectivity index (χ3v) is 5.53. The molecular formula is C24H35N5O6. The molecule has 5 unspecified atom stereocenters. The first-order chi connectivity index (χ1) is 16.4. The molecule has 192 valence electrons. The van der Waals surface area contributed by atoms with Crippen LogP contribution in [0.15, 0.2) is 30.5 Å². The van der Waals surface area contributed by atoms with Gasteiger partial charge in [-0.15, -0.1) is 0 Å². The molecule has 0 bridgehead atoms. The standard InChI is InChI=1S/C24H35N5O6/c1-12(2)9-18(27-21(31)13(3)25)22(32)29-20(14(4)30)23(33)28-19(24(34)35)10-15-11-26-17-8-6-5-7-16(15)17/h5-8,11-14,18-20,26,30H,9-10,25H2,1-4H3,(H,27,31)(H,28,33)(H,29,32)(H,34,35). The summed E-state index contributed by atoms with van der Waals surface area (Å²) in [6, 6.07) is 2.80. The van der Waals surface area contributed by atoms with Crippen LogP contribution in [0.3, 0.4) is 0 Å². The highest BCUT2D eigenvalue weighted by Crippen LogP contribution is 2.19. The van der Waals surface area contributed by atoms with Crippen LogP contribution in [0.5, 0.6) is 0 Å². The normalized spacial score (nSPS) is 15.6. The molecule has 3 amide bonds. The quantitative estimate of drug-likeness (QED) is 0.219. The summed E-state index contributed by atoms with van der Waals surface area (Å²) < 4.78 is 0. The number of aliphatic hydroxyl groups is 1. The van der Waals surface area contributed by atoms with Crippen molar-refractivity contribution in [2.45, 2.75) is 70.8 Å². The highest BCUT2D eigenvalue weighted by atomic mass is 16.4. The lowest BCUT2D eigenvalue weighted by molar-refractivity contribution is -0.143. The van der Waals surface area contributed by atoms with Crippen molar-refractivity contribution in [3.05, 3.63) is 36.0 Å². The van der Waals surface area contributed by atoms with Gasteiger partial charge in [-0.1, -0.05) is 32.0 Å². The molecule has 11 heteroatoms. The number of carboxylic acid groups (broad SMARTS) is 1. The molecule has 1 aromatic heterocycles. The summed E-state index contributed by atoms with van der Waals surface area (Å²) >= 11 is 0. The van der Waals surface area contributed by atoms with E-state index < -0.39 is 54.0 Å². The maximum absolute atomic E-state index is 12.9. The van der Waals surface area contributed by atoms with Gasteiger partial charge in [-0.3, -0.25) is 14.4 Å². The third kappa shape index (κ3) is 7.79. The topological polar surface area (TPSA) is 187 Å². The highest BCUT2D eigenvalue weighted by molar-refractivity contribution is 5.94. The number of para-hydroxylation sites is 1. The van der Waals surface area contributed by atoms with E-state index in [1.807, 2.05) is 38.1 Å². The maximum Gasteiger partial charge on any atom is 0.326 e. The molecule has 8 N–H and O–H groups in total. The van der Waals surface area contributed by atoms with E-state index in [9.17, 15) is 29.4 Å². The zero-order chi connectivity index (χ0) is 26.3. The number of hydrogen-bond acceptors (Lipinski definition) is 6. The van der Waals surface area contributed by atoms with E-state index in [4.69, 9.17) is 5.73 Å². The Hall–Kier alpha value is -3.44. The Bertz CT molecular complexity index is 1050. The number of nitrogens with one attached hydrogen (secondary N) is 4. The molecule has 0 saturated heterocycles. The molecule has 1 aromatic carbocycles. The summed E-state index contributed by atoms with van der Waals surface area (Å²) in [5.74, 6) is -3.31. The Kier molecular flexibility index (Phi) is 9.78. The van der Waals surface area contributed by atoms with Crippen LogP contribution in [-0.2, 0) is 25.6 Å². The first-order valence-electron chi connectivity index (χ1n) is 11.5. The lowest BCUT2D eigenvalue weighted by atomic mass is 10.0. The zero-order valence-corrected chi connectivity index (χ0v) is 20.4. The second kappa shape index (κ2) is 12.3. The molecule has 5 atom stereocenters. The Morgan fingerprint density at radius 3 is 2.14 bits per heavy atom. The fourth-order valence-corrected chi connectivity index (χ4v) is 3.65. The fraction of sp³-hybridized carbons (Fsp3) is 0.500. The Morgan fingerprint density at radius 1 is 0.943 bits per heavy atom. The molecule has 11 nitrogen and oxygen atoms in total. The minimum atomic E-state index is -1.44. The fourth-order valence-electron chi connectivity index (χ4n) is 3.65. The van der Waals surface area contributed by atoms with Crippen LogP contribution in [0.4, 0.5) is 0 Å². The number of aromatic nitrogens is 1. The van der Waals surface area contributed by atoms with Gasteiger partial charge >= 0.3 is 5.97 Å². The number of H-pyrrole nitrogens is 1. The average Bonchev–Trinajstić information content (AvgIpc) is 3.18. The number of hydrogen-bond donors (Lipinski definition) is 7. The van der Waals surface area contributed by atoms with Crippen LogP contribution in [0, 0.1) is 5.92 Å². The number of nitrogens with two attached hydrogens (primary N) is 1. The maximum atomic E-state index is 12.9. The van der Waals surface area contributed by atoms with E-state index in [0.29, 0.717) is 5.56 Å². The molecule has 0 radical (unpaired) electrons. The largest absolute Gasteiger partial charge is 0.480 e. The van der Waals surface area contributed by atoms with Gasteiger partial charge in [0.15, 0.2) is 0 Å². The minimum absolute atomic E-state index is 0.00795. The van der Waals surface area contributed by atoms with Crippen LogP contribution < -0.4 is 21.7 Å². The number of benzene rings is 1. The van der Waals surface area contributed by atoms with Gasteiger partial charge in [0.25, 0.3) is 0 Å². The Morgan fingerprint density at radius 2 is 1.57 bits per heavy atom. The van der Waals surface area contributed by atoms with Crippen LogP contribution in [0.1, 0.15) is 39.7 Å². The summed E-state index contributed by atoms with van der Waals surface area (Å²) in [4.78, 5) is 52.8. The molecule has 0 spiro atoms. The van der Waals surface area contributed by atoms with Crippen molar-refractivity contribution < 1.29 is 29.4 Å². The number of aromatic amines is 1. The van der Waals surface area contributed by atoms with Crippen molar-refractivity contribution in [2.75, 3.05) is 0 Å². The predicted molar refractivity (Wildman–Crippen MR) is 130 cm³/mol. The van der Waals surface area contributed by atoms with Crippen LogP contribution in [-0.4, -0.2) is 69.2 Å². The molecule has 0 saturated carbocycles. The first kappa shape index (κ1) is 27.8. The van der Waals surface area contributed by atoms with Crippen molar-refractivity contribution >= 4 is 34.6 Å². The van der Waals surface area contributed by atoms with E-state index in [-0.39, 0.29) is 18.8 Å². The van der Waals surface area contributed by atoms with Gasteiger partial charge in [0.2, 0.25) is 17.7 Å². The van der Waals surface area contributed by atoms with Crippen LogP contribution in [0.25, 0.3) is 10.9 Å². The monoisotopic (exact) mass is 489 g/mol. The van der Waals surface area contributed by atoms with Gasteiger partial charge in [-0.25, -0.2) is 4.79 Å². The number of carbonyl (C=O) groups excluding carboxylic acids is 3. The van der Waals surface area contributed by atoms with Gasteiger partial charge in [0, 0.05) is 23.5 Å². The zero-order valence-electron chi connectivity index (χ0n) is 20.4. The van der Waals surface area contributed by atoms with Gasteiger partial charge in [-0.2, -0.15) is 0 Å². The summed E-state index contributed by atoms with van der Waals surface area (Å²) in [5, 5.41) is 28.1. The molecule has 0 aliphatic heterocycles. The minimum Gasteiger partial charge on any atom is -0.480 e. The third-order valence-electron chi connectivity index (χ3n) is 5.53. The second-order valence-electron chi connectivity index (χ2n) is 9.17. The number of aliphatic carboxylic acids is 1. The number of rotatable bonds is 12. The highest BCUT2D eigenvalue weighted by Gasteiger charge is 2.33. The number of carboxylic acids is 1. The van der Waals surface area contributed by atoms with Crippen LogP contribution >= 0.6 is 0 Å². The number of amides is 3. The van der Waals surface area contributed by atoms with E-state index in [1.54, 1.807) is 6.20 Å². The summed E-state index contributed by atoms with van der Waals surface area (Å²) in [5.41, 5.74) is 7.11. The lowest BCUT2D eigenvalue weighted by Gasteiger charge is -2.27. The predicted octanol–water partition coefficient (Wildman–Crippen LogP) is 0.0235. The van der Waals surface area contributed by atoms with E-state index in [2.05, 4.69) is 20.9 Å². The van der Waals surface area contributed by atoms with E-state index in [0.717, 1.165) is 10.9 Å². The summed E-state index contributed by atoms with van der Waals surface area (Å²) in [7, 11) is 0. The molecular weight excluding hydrogens is 454 g/mol. The Balaban J connectivity index is 2.16. The van der Waals surface area contributed by atoms with Gasteiger partial charge in [0.05, 0.1) is 12.1 Å². The van der Waals surface area contributed by atoms with Gasteiger partial charge in [0.1, 0.15) is 18.1 Å². The number of aliphatic hydroxyl groups excluding tert-OH is 1. The smallest absolute Gasteiger partial charge is 0.326 e. The molecule has 0 aliphatic rings.